The van der Waals surface area contributed by atoms with E-state index in [9.17, 15) is 17.6 Å². The van der Waals surface area contributed by atoms with E-state index in [1.807, 2.05) is 0 Å². The predicted molar refractivity (Wildman–Crippen MR) is 103 cm³/mol. The van der Waals surface area contributed by atoms with Crippen molar-refractivity contribution >= 4 is 27.7 Å². The van der Waals surface area contributed by atoms with E-state index in [1.54, 1.807) is 32.2 Å². The highest BCUT2D eigenvalue weighted by atomic mass is 32.2. The molecule has 0 aliphatic rings. The Labute approximate surface area is 163 Å². The van der Waals surface area contributed by atoms with E-state index in [1.165, 1.54) is 55.2 Å². The van der Waals surface area contributed by atoms with Crippen LogP contribution in [0.15, 0.2) is 52.5 Å². The Hall–Kier alpha value is -1.97. The largest absolute Gasteiger partial charge is 0.340 e. The number of hydrogen-bond donors (Lipinski definition) is 0. The van der Waals surface area contributed by atoms with Crippen LogP contribution < -0.4 is 0 Å². The summed E-state index contributed by atoms with van der Waals surface area (Å²) in [6.07, 6.45) is 1.28. The van der Waals surface area contributed by atoms with Crippen molar-refractivity contribution in [1.29, 1.82) is 0 Å². The number of sulfonamides is 1. The topological polar surface area (TPSA) is 70.6 Å². The van der Waals surface area contributed by atoms with Crippen LogP contribution in [0.1, 0.15) is 12.5 Å². The maximum absolute atomic E-state index is 13.3. The molecule has 2 rings (SSSR count). The number of carbonyl (C=O) groups excluding carboxylic acids is 1. The average molecular weight is 412 g/mol. The van der Waals surface area contributed by atoms with E-state index in [4.69, 9.17) is 0 Å². The summed E-state index contributed by atoms with van der Waals surface area (Å²) in [6.45, 7) is 2.05. The van der Waals surface area contributed by atoms with Gasteiger partial charge in [-0.15, -0.1) is 0 Å². The van der Waals surface area contributed by atoms with Crippen LogP contribution >= 0.6 is 11.8 Å². The number of halogens is 1. The maximum Gasteiger partial charge on any atom is 0.244 e. The molecule has 1 heterocycles. The molecule has 0 saturated heterocycles. The summed E-state index contributed by atoms with van der Waals surface area (Å²) in [5.41, 5.74) is 0.708. The molecule has 0 bridgehead atoms. The number of benzene rings is 1. The van der Waals surface area contributed by atoms with Gasteiger partial charge in [-0.3, -0.25) is 4.79 Å². The molecule has 146 valence electrons. The van der Waals surface area contributed by atoms with Crippen molar-refractivity contribution in [1.82, 2.24) is 14.2 Å². The minimum atomic E-state index is -3.53. The Morgan fingerprint density at radius 1 is 1.22 bits per heavy atom. The SMILES string of the molecule is C[C@@H](Sc1ccc(S(=O)(=O)N(C)C)cn1)C(=O)N(C)Cc1cccc(F)c1. The Kier molecular flexibility index (Phi) is 6.96. The summed E-state index contributed by atoms with van der Waals surface area (Å²) < 4.78 is 38.5. The van der Waals surface area contributed by atoms with Crippen LogP contribution in [0.5, 0.6) is 0 Å². The van der Waals surface area contributed by atoms with Crippen molar-refractivity contribution in [2.75, 3.05) is 21.1 Å². The van der Waals surface area contributed by atoms with Gasteiger partial charge in [-0.05, 0) is 36.8 Å². The lowest BCUT2D eigenvalue weighted by molar-refractivity contribution is -0.129. The van der Waals surface area contributed by atoms with Crippen molar-refractivity contribution in [2.24, 2.45) is 0 Å². The third-order valence-electron chi connectivity index (χ3n) is 3.82. The van der Waals surface area contributed by atoms with Crippen molar-refractivity contribution in [2.45, 2.75) is 28.6 Å². The highest BCUT2D eigenvalue weighted by molar-refractivity contribution is 8.00. The quantitative estimate of drug-likeness (QED) is 0.655. The van der Waals surface area contributed by atoms with Gasteiger partial charge in [0.05, 0.1) is 10.3 Å². The van der Waals surface area contributed by atoms with E-state index >= 15 is 0 Å². The van der Waals surface area contributed by atoms with E-state index < -0.39 is 15.3 Å². The number of pyridine rings is 1. The molecule has 1 amide bonds. The Morgan fingerprint density at radius 3 is 2.48 bits per heavy atom. The molecule has 0 saturated carbocycles. The van der Waals surface area contributed by atoms with Gasteiger partial charge in [0.15, 0.2) is 0 Å². The number of rotatable bonds is 7. The number of thioether (sulfide) groups is 1. The smallest absolute Gasteiger partial charge is 0.244 e. The summed E-state index contributed by atoms with van der Waals surface area (Å²) in [5, 5.41) is 0.125. The molecule has 27 heavy (non-hydrogen) atoms. The van der Waals surface area contributed by atoms with Gasteiger partial charge in [-0.25, -0.2) is 22.1 Å². The first-order valence-electron chi connectivity index (χ1n) is 8.16. The molecule has 0 radical (unpaired) electrons. The van der Waals surface area contributed by atoms with Crippen LogP contribution in [-0.2, 0) is 21.4 Å². The zero-order chi connectivity index (χ0) is 20.2. The van der Waals surface area contributed by atoms with E-state index in [0.717, 1.165) is 4.31 Å². The van der Waals surface area contributed by atoms with Crippen molar-refractivity contribution in [3.05, 3.63) is 54.0 Å². The number of hydrogen-bond acceptors (Lipinski definition) is 5. The number of carbonyl (C=O) groups is 1. The fourth-order valence-corrected chi connectivity index (χ4v) is 4.08. The molecule has 0 fully saturated rings. The Balaban J connectivity index is 2.01. The van der Waals surface area contributed by atoms with Crippen LogP contribution in [0, 0.1) is 5.82 Å². The lowest BCUT2D eigenvalue weighted by Crippen LogP contribution is -2.32. The van der Waals surface area contributed by atoms with Gasteiger partial charge in [-0.2, -0.15) is 0 Å². The van der Waals surface area contributed by atoms with Crippen LogP contribution in [0.2, 0.25) is 0 Å². The summed E-state index contributed by atoms with van der Waals surface area (Å²) in [4.78, 5) is 18.3. The first-order valence-corrected chi connectivity index (χ1v) is 10.5. The normalized spacial score (nSPS) is 12.8. The van der Waals surface area contributed by atoms with Gasteiger partial charge < -0.3 is 4.90 Å². The fourth-order valence-electron chi connectivity index (χ4n) is 2.33. The second-order valence-corrected chi connectivity index (χ2v) is 9.72. The predicted octanol–water partition coefficient (Wildman–Crippen LogP) is 2.61. The van der Waals surface area contributed by atoms with Crippen molar-refractivity contribution in [3.63, 3.8) is 0 Å². The fraction of sp³-hybridized carbons (Fsp3) is 0.333. The molecule has 1 atom stereocenters. The van der Waals surface area contributed by atoms with Gasteiger partial charge in [0.25, 0.3) is 0 Å². The first kappa shape index (κ1) is 21.3. The van der Waals surface area contributed by atoms with Gasteiger partial charge in [0.2, 0.25) is 15.9 Å². The molecule has 9 heteroatoms. The molecule has 0 aliphatic heterocycles. The summed E-state index contributed by atoms with van der Waals surface area (Å²) in [5.74, 6) is -0.469. The van der Waals surface area contributed by atoms with Gasteiger partial charge >= 0.3 is 0 Å². The minimum Gasteiger partial charge on any atom is -0.340 e. The van der Waals surface area contributed by atoms with Gasteiger partial charge in [0, 0.05) is 33.9 Å². The Bertz CT molecular complexity index is 902. The molecule has 0 N–H and O–H groups in total. The van der Waals surface area contributed by atoms with Crippen LogP contribution in [0.3, 0.4) is 0 Å². The summed E-state index contributed by atoms with van der Waals surface area (Å²) >= 11 is 1.24. The summed E-state index contributed by atoms with van der Waals surface area (Å²) in [6, 6.07) is 9.17. The third-order valence-corrected chi connectivity index (χ3v) is 6.65. The standard InChI is InChI=1S/C18H22FN3O3S2/c1-13(18(23)22(4)12-14-6-5-7-15(19)10-14)26-17-9-8-16(11-20-17)27(24,25)21(2)3/h5-11,13H,12H2,1-4H3/t13-/m1/s1. The van der Waals surface area contributed by atoms with Crippen molar-refractivity contribution < 1.29 is 17.6 Å². The highest BCUT2D eigenvalue weighted by Crippen LogP contribution is 2.24. The molecule has 0 aliphatic carbocycles. The number of nitrogens with zero attached hydrogens (tertiary/aromatic N) is 3. The highest BCUT2D eigenvalue weighted by Gasteiger charge is 2.21. The van der Waals surface area contributed by atoms with E-state index in [2.05, 4.69) is 4.98 Å². The average Bonchev–Trinajstić information content (AvgIpc) is 2.61. The molecule has 1 aromatic heterocycles. The Morgan fingerprint density at radius 2 is 1.93 bits per heavy atom. The van der Waals surface area contributed by atoms with Crippen molar-refractivity contribution in [3.8, 4) is 0 Å². The third kappa shape index (κ3) is 5.50. The second kappa shape index (κ2) is 8.81. The van der Waals surface area contributed by atoms with Crippen LogP contribution in [0.25, 0.3) is 0 Å². The van der Waals surface area contributed by atoms with Crippen LogP contribution in [-0.4, -0.2) is 54.9 Å². The summed E-state index contributed by atoms with van der Waals surface area (Å²) in [7, 11) is 1.03. The monoisotopic (exact) mass is 411 g/mol. The van der Waals surface area contributed by atoms with Crippen LogP contribution in [0.4, 0.5) is 4.39 Å². The zero-order valence-electron chi connectivity index (χ0n) is 15.6. The number of aromatic nitrogens is 1. The van der Waals surface area contributed by atoms with E-state index in [0.29, 0.717) is 17.1 Å². The molecule has 0 spiro atoms. The molecule has 2 aromatic rings. The zero-order valence-corrected chi connectivity index (χ0v) is 17.2. The lowest BCUT2D eigenvalue weighted by Gasteiger charge is -2.21. The lowest BCUT2D eigenvalue weighted by atomic mass is 10.2. The molecular weight excluding hydrogens is 389 g/mol. The maximum atomic E-state index is 13.3. The molecule has 1 aromatic carbocycles. The first-order chi connectivity index (χ1) is 12.6. The number of amides is 1. The second-order valence-electron chi connectivity index (χ2n) is 6.20. The van der Waals surface area contributed by atoms with E-state index in [-0.39, 0.29) is 16.6 Å². The van der Waals surface area contributed by atoms with Gasteiger partial charge in [-0.1, -0.05) is 23.9 Å². The molecular formula is C18H22FN3O3S2. The molecule has 0 unspecified atom stereocenters. The molecule has 6 nitrogen and oxygen atoms in total. The van der Waals surface area contributed by atoms with Gasteiger partial charge in [0.1, 0.15) is 10.7 Å². The minimum absolute atomic E-state index is 0.0963.